The topological polar surface area (TPSA) is 67.2 Å². The standard InChI is InChI=1S/C25H26Cl2N4O/c1-3-31(4-2)14-17-13-30-23-9-8-16(12-19(17)23)18-10-11-29-25(28)24(18)32-15-20-21(26)6-5-7-22(20)27/h5-13,30H,3-4,14-15H2,1-2H3,(H2,28,29). The molecule has 2 aromatic heterocycles. The first kappa shape index (κ1) is 22.5. The Kier molecular flexibility index (Phi) is 6.89. The van der Waals surface area contributed by atoms with Crippen molar-refractivity contribution in [1.82, 2.24) is 14.9 Å². The molecule has 0 atom stereocenters. The number of aromatic nitrogens is 2. The molecular formula is C25H26Cl2N4O. The van der Waals surface area contributed by atoms with Crippen LogP contribution in [-0.4, -0.2) is 28.0 Å². The fourth-order valence-corrected chi connectivity index (χ4v) is 4.33. The summed E-state index contributed by atoms with van der Waals surface area (Å²) < 4.78 is 6.12. The number of nitrogens with zero attached hydrogens (tertiary/aromatic N) is 2. The lowest BCUT2D eigenvalue weighted by Crippen LogP contribution is -2.21. The van der Waals surface area contributed by atoms with Crippen LogP contribution in [0.1, 0.15) is 25.0 Å². The van der Waals surface area contributed by atoms with Crippen molar-refractivity contribution in [3.63, 3.8) is 0 Å². The second kappa shape index (κ2) is 9.82. The SMILES string of the molecule is CCN(CC)Cc1c[nH]c2ccc(-c3ccnc(N)c3OCc3c(Cl)cccc3Cl)cc12. The summed E-state index contributed by atoms with van der Waals surface area (Å²) in [6.07, 6.45) is 3.78. The Morgan fingerprint density at radius 2 is 1.81 bits per heavy atom. The molecule has 0 spiro atoms. The smallest absolute Gasteiger partial charge is 0.169 e. The van der Waals surface area contributed by atoms with Crippen LogP contribution in [0.25, 0.3) is 22.0 Å². The summed E-state index contributed by atoms with van der Waals surface area (Å²) in [6, 6.07) is 13.6. The van der Waals surface area contributed by atoms with Gasteiger partial charge in [0.25, 0.3) is 0 Å². The number of anilines is 1. The molecule has 0 aliphatic carbocycles. The Bertz CT molecular complexity index is 1210. The molecule has 0 aliphatic heterocycles. The number of rotatable bonds is 8. The maximum Gasteiger partial charge on any atom is 0.169 e. The maximum absolute atomic E-state index is 6.31. The van der Waals surface area contributed by atoms with Gasteiger partial charge in [0.2, 0.25) is 0 Å². The monoisotopic (exact) mass is 468 g/mol. The summed E-state index contributed by atoms with van der Waals surface area (Å²) in [6.45, 7) is 7.46. The van der Waals surface area contributed by atoms with Crippen LogP contribution >= 0.6 is 23.2 Å². The minimum Gasteiger partial charge on any atom is -0.484 e. The van der Waals surface area contributed by atoms with Gasteiger partial charge >= 0.3 is 0 Å². The van der Waals surface area contributed by atoms with Gasteiger partial charge in [-0.3, -0.25) is 4.90 Å². The van der Waals surface area contributed by atoms with Crippen LogP contribution < -0.4 is 10.5 Å². The Labute approximate surface area is 198 Å². The van der Waals surface area contributed by atoms with E-state index in [4.69, 9.17) is 33.7 Å². The first-order chi connectivity index (χ1) is 15.5. The lowest BCUT2D eigenvalue weighted by molar-refractivity contribution is 0.297. The molecule has 2 aromatic carbocycles. The molecular weight excluding hydrogens is 443 g/mol. The summed E-state index contributed by atoms with van der Waals surface area (Å²) in [5.41, 5.74) is 11.2. The van der Waals surface area contributed by atoms with Gasteiger partial charge < -0.3 is 15.5 Å². The quantitative estimate of drug-likeness (QED) is 0.308. The predicted molar refractivity (Wildman–Crippen MR) is 133 cm³/mol. The minimum absolute atomic E-state index is 0.195. The molecule has 4 rings (SSSR count). The number of nitrogens with one attached hydrogen (secondary N) is 1. The number of hydrogen-bond acceptors (Lipinski definition) is 4. The third kappa shape index (κ3) is 4.56. The van der Waals surface area contributed by atoms with E-state index < -0.39 is 0 Å². The van der Waals surface area contributed by atoms with Gasteiger partial charge in [-0.1, -0.05) is 49.2 Å². The van der Waals surface area contributed by atoms with Crippen LogP contribution in [0, 0.1) is 0 Å². The summed E-state index contributed by atoms with van der Waals surface area (Å²) in [5.74, 6) is 0.840. The summed E-state index contributed by atoms with van der Waals surface area (Å²) in [7, 11) is 0. The number of nitrogens with two attached hydrogens (primary N) is 1. The number of aromatic amines is 1. The van der Waals surface area contributed by atoms with E-state index >= 15 is 0 Å². The van der Waals surface area contributed by atoms with Gasteiger partial charge in [0.15, 0.2) is 11.6 Å². The molecule has 166 valence electrons. The van der Waals surface area contributed by atoms with Crippen LogP contribution in [0.5, 0.6) is 5.75 Å². The Morgan fingerprint density at radius 1 is 1.06 bits per heavy atom. The zero-order chi connectivity index (χ0) is 22.7. The van der Waals surface area contributed by atoms with Crippen molar-refractivity contribution in [3.05, 3.63) is 76.0 Å². The molecule has 0 saturated carbocycles. The zero-order valence-electron chi connectivity index (χ0n) is 18.2. The lowest BCUT2D eigenvalue weighted by atomic mass is 10.0. The number of halogens is 2. The molecule has 0 aliphatic rings. The number of benzene rings is 2. The lowest BCUT2D eigenvalue weighted by Gasteiger charge is -2.17. The van der Waals surface area contributed by atoms with Crippen molar-refractivity contribution >= 4 is 39.9 Å². The van der Waals surface area contributed by atoms with E-state index in [1.807, 2.05) is 6.07 Å². The summed E-state index contributed by atoms with van der Waals surface area (Å²) >= 11 is 12.6. The summed E-state index contributed by atoms with van der Waals surface area (Å²) in [5, 5.41) is 2.29. The van der Waals surface area contributed by atoms with E-state index in [9.17, 15) is 0 Å². The molecule has 5 nitrogen and oxygen atoms in total. The Morgan fingerprint density at radius 3 is 2.53 bits per heavy atom. The van der Waals surface area contributed by atoms with Crippen LogP contribution in [0.15, 0.2) is 54.9 Å². The van der Waals surface area contributed by atoms with Crippen LogP contribution in [0.4, 0.5) is 5.82 Å². The van der Waals surface area contributed by atoms with Gasteiger partial charge in [-0.25, -0.2) is 4.98 Å². The number of hydrogen-bond donors (Lipinski definition) is 2. The van der Waals surface area contributed by atoms with E-state index in [1.54, 1.807) is 24.4 Å². The predicted octanol–water partition coefficient (Wildman–Crippen LogP) is 6.54. The first-order valence-corrected chi connectivity index (χ1v) is 11.4. The molecule has 0 radical (unpaired) electrons. The van der Waals surface area contributed by atoms with E-state index in [-0.39, 0.29) is 6.61 Å². The van der Waals surface area contributed by atoms with Crippen LogP contribution in [-0.2, 0) is 13.2 Å². The van der Waals surface area contributed by atoms with Crippen molar-refractivity contribution in [2.24, 2.45) is 0 Å². The summed E-state index contributed by atoms with van der Waals surface area (Å²) in [4.78, 5) is 10.00. The highest BCUT2D eigenvalue weighted by Gasteiger charge is 2.15. The largest absolute Gasteiger partial charge is 0.484 e. The molecule has 0 unspecified atom stereocenters. The van der Waals surface area contributed by atoms with E-state index in [0.717, 1.165) is 36.3 Å². The maximum atomic E-state index is 6.31. The molecule has 2 heterocycles. The molecule has 32 heavy (non-hydrogen) atoms. The van der Waals surface area contributed by atoms with Crippen molar-refractivity contribution in [2.75, 3.05) is 18.8 Å². The highest BCUT2D eigenvalue weighted by molar-refractivity contribution is 6.35. The number of pyridine rings is 1. The number of H-pyrrole nitrogens is 1. The average Bonchev–Trinajstić information content (AvgIpc) is 3.19. The third-order valence-corrected chi connectivity index (χ3v) is 6.43. The van der Waals surface area contributed by atoms with Crippen molar-refractivity contribution < 1.29 is 4.74 Å². The van der Waals surface area contributed by atoms with E-state index in [0.29, 0.717) is 27.2 Å². The van der Waals surface area contributed by atoms with Crippen molar-refractivity contribution in [1.29, 1.82) is 0 Å². The van der Waals surface area contributed by atoms with Gasteiger partial charge in [0.1, 0.15) is 6.61 Å². The molecule has 0 bridgehead atoms. The normalized spacial score (nSPS) is 11.4. The van der Waals surface area contributed by atoms with Gasteiger partial charge in [-0.15, -0.1) is 0 Å². The molecule has 3 N–H and O–H groups in total. The number of ether oxygens (including phenoxy) is 1. The van der Waals surface area contributed by atoms with Gasteiger partial charge in [-0.2, -0.15) is 0 Å². The van der Waals surface area contributed by atoms with Crippen molar-refractivity contribution in [3.8, 4) is 16.9 Å². The molecule has 4 aromatic rings. The van der Waals surface area contributed by atoms with Gasteiger partial charge in [0, 0.05) is 51.0 Å². The van der Waals surface area contributed by atoms with E-state index in [1.165, 1.54) is 10.9 Å². The number of nitrogen functional groups attached to an aromatic ring is 1. The van der Waals surface area contributed by atoms with Crippen LogP contribution in [0.3, 0.4) is 0 Å². The average molecular weight is 469 g/mol. The van der Waals surface area contributed by atoms with Crippen molar-refractivity contribution in [2.45, 2.75) is 27.0 Å². The fourth-order valence-electron chi connectivity index (χ4n) is 3.82. The van der Waals surface area contributed by atoms with E-state index in [2.05, 4.69) is 53.1 Å². The third-order valence-electron chi connectivity index (χ3n) is 5.72. The van der Waals surface area contributed by atoms with Gasteiger partial charge in [-0.05, 0) is 54.5 Å². The highest BCUT2D eigenvalue weighted by Crippen LogP contribution is 2.37. The molecule has 0 amide bonds. The van der Waals surface area contributed by atoms with Gasteiger partial charge in [0.05, 0.1) is 0 Å². The second-order valence-electron chi connectivity index (χ2n) is 7.60. The highest BCUT2D eigenvalue weighted by atomic mass is 35.5. The minimum atomic E-state index is 0.195. The molecule has 0 fully saturated rings. The second-order valence-corrected chi connectivity index (χ2v) is 8.41. The first-order valence-electron chi connectivity index (χ1n) is 10.6. The van der Waals surface area contributed by atoms with Crippen LogP contribution in [0.2, 0.25) is 10.0 Å². The Hall–Kier alpha value is -2.73. The number of fused-ring (bicyclic) bond motifs is 1. The fraction of sp³-hybridized carbons (Fsp3) is 0.240. The Balaban J connectivity index is 1.70. The molecule has 7 heteroatoms. The zero-order valence-corrected chi connectivity index (χ0v) is 19.7. The molecule has 0 saturated heterocycles.